The van der Waals surface area contributed by atoms with Crippen LogP contribution < -0.4 is 16.3 Å². The molecule has 2 aromatic heterocycles. The van der Waals surface area contributed by atoms with Gasteiger partial charge in [0.2, 0.25) is 0 Å². The second-order valence-electron chi connectivity index (χ2n) is 5.30. The minimum atomic E-state index is -0.360. The van der Waals surface area contributed by atoms with Crippen molar-refractivity contribution in [3.8, 4) is 0 Å². The SMILES string of the molecule is O=C(NCCCn1nc2ccccn2c1=O)Nc1ccc(Cl)c(Cl)c1. The number of carbonyl (C=O) groups is 1. The summed E-state index contributed by atoms with van der Waals surface area (Å²) in [6.45, 7) is 0.807. The van der Waals surface area contributed by atoms with Crippen LogP contribution in [0.1, 0.15) is 6.42 Å². The Hall–Kier alpha value is -2.51. The van der Waals surface area contributed by atoms with E-state index in [4.69, 9.17) is 23.2 Å². The van der Waals surface area contributed by atoms with Gasteiger partial charge in [-0.05, 0) is 36.8 Å². The molecule has 2 N–H and O–H groups in total. The molecule has 9 heteroatoms. The van der Waals surface area contributed by atoms with Crippen LogP contribution >= 0.6 is 23.2 Å². The van der Waals surface area contributed by atoms with Gasteiger partial charge in [0.1, 0.15) is 0 Å². The molecule has 0 saturated carbocycles. The zero-order valence-corrected chi connectivity index (χ0v) is 14.6. The predicted molar refractivity (Wildman–Crippen MR) is 97.6 cm³/mol. The van der Waals surface area contributed by atoms with Gasteiger partial charge in [-0.1, -0.05) is 29.3 Å². The van der Waals surface area contributed by atoms with Gasteiger partial charge in [-0.2, -0.15) is 0 Å². The highest BCUT2D eigenvalue weighted by Crippen LogP contribution is 2.24. The first-order valence-corrected chi connectivity index (χ1v) is 8.34. The molecule has 0 aliphatic heterocycles. The second kappa shape index (κ2) is 7.58. The van der Waals surface area contributed by atoms with E-state index in [1.54, 1.807) is 36.5 Å². The Morgan fingerprint density at radius 1 is 1.16 bits per heavy atom. The predicted octanol–water partition coefficient (Wildman–Crippen LogP) is 3.01. The molecule has 0 saturated heterocycles. The largest absolute Gasteiger partial charge is 0.350 e. The van der Waals surface area contributed by atoms with Gasteiger partial charge in [-0.15, -0.1) is 5.10 Å². The zero-order valence-electron chi connectivity index (χ0n) is 13.1. The lowest BCUT2D eigenvalue weighted by Crippen LogP contribution is -2.31. The summed E-state index contributed by atoms with van der Waals surface area (Å²) < 4.78 is 2.86. The minimum absolute atomic E-state index is 0.198. The van der Waals surface area contributed by atoms with Crippen molar-refractivity contribution in [3.63, 3.8) is 0 Å². The quantitative estimate of drug-likeness (QED) is 0.668. The number of pyridine rings is 1. The van der Waals surface area contributed by atoms with E-state index in [1.807, 2.05) is 6.07 Å². The van der Waals surface area contributed by atoms with E-state index in [0.717, 1.165) is 0 Å². The summed E-state index contributed by atoms with van der Waals surface area (Å²) in [5, 5.41) is 10.4. The van der Waals surface area contributed by atoms with E-state index in [0.29, 0.717) is 40.9 Å². The van der Waals surface area contributed by atoms with Crippen molar-refractivity contribution >= 4 is 40.6 Å². The summed E-state index contributed by atoms with van der Waals surface area (Å²) in [4.78, 5) is 23.9. The number of halogens is 2. The Kier molecular flexibility index (Phi) is 5.25. The van der Waals surface area contributed by atoms with Crippen molar-refractivity contribution in [2.45, 2.75) is 13.0 Å². The fraction of sp³-hybridized carbons (Fsp3) is 0.188. The summed E-state index contributed by atoms with van der Waals surface area (Å²) in [5.41, 5.74) is 0.942. The maximum Gasteiger partial charge on any atom is 0.350 e. The Morgan fingerprint density at radius 2 is 2.00 bits per heavy atom. The number of carbonyl (C=O) groups excluding carboxylic acids is 1. The molecule has 0 bridgehead atoms. The number of hydrogen-bond donors (Lipinski definition) is 2. The highest BCUT2D eigenvalue weighted by molar-refractivity contribution is 6.42. The lowest BCUT2D eigenvalue weighted by molar-refractivity contribution is 0.251. The first-order chi connectivity index (χ1) is 12.0. The number of anilines is 1. The lowest BCUT2D eigenvalue weighted by atomic mass is 10.3. The van der Waals surface area contributed by atoms with E-state index in [-0.39, 0.29) is 11.7 Å². The molecule has 0 spiro atoms. The number of urea groups is 1. The molecule has 130 valence electrons. The van der Waals surface area contributed by atoms with Gasteiger partial charge in [0.05, 0.1) is 10.0 Å². The van der Waals surface area contributed by atoms with Crippen molar-refractivity contribution in [1.82, 2.24) is 19.5 Å². The van der Waals surface area contributed by atoms with Gasteiger partial charge in [0.15, 0.2) is 5.65 Å². The average Bonchev–Trinajstić information content (AvgIpc) is 2.92. The number of aromatic nitrogens is 3. The molecule has 0 aliphatic rings. The molecule has 0 atom stereocenters. The number of aryl methyl sites for hydroxylation is 1. The van der Waals surface area contributed by atoms with Gasteiger partial charge in [-0.25, -0.2) is 14.3 Å². The van der Waals surface area contributed by atoms with Gasteiger partial charge in [-0.3, -0.25) is 4.40 Å². The minimum Gasteiger partial charge on any atom is -0.338 e. The Balaban J connectivity index is 1.49. The lowest BCUT2D eigenvalue weighted by Gasteiger charge is -2.08. The van der Waals surface area contributed by atoms with Crippen LogP contribution in [0, 0.1) is 0 Å². The van der Waals surface area contributed by atoms with E-state index in [9.17, 15) is 9.59 Å². The number of nitrogens with zero attached hydrogens (tertiary/aromatic N) is 3. The van der Waals surface area contributed by atoms with Crippen LogP contribution in [0.2, 0.25) is 10.0 Å². The van der Waals surface area contributed by atoms with Crippen LogP contribution in [-0.4, -0.2) is 26.8 Å². The number of hydrogen-bond acceptors (Lipinski definition) is 3. The highest BCUT2D eigenvalue weighted by Gasteiger charge is 2.06. The summed E-state index contributed by atoms with van der Waals surface area (Å²) in [6.07, 6.45) is 2.24. The van der Waals surface area contributed by atoms with Crippen LogP contribution in [0.5, 0.6) is 0 Å². The van der Waals surface area contributed by atoms with Gasteiger partial charge in [0, 0.05) is 25.0 Å². The molecule has 1 aromatic carbocycles. The van der Waals surface area contributed by atoms with Crippen LogP contribution in [0.25, 0.3) is 5.65 Å². The molecular formula is C16H15Cl2N5O2. The number of amides is 2. The van der Waals surface area contributed by atoms with E-state index in [2.05, 4.69) is 15.7 Å². The topological polar surface area (TPSA) is 80.4 Å². The summed E-state index contributed by atoms with van der Waals surface area (Å²) >= 11 is 11.7. The molecule has 7 nitrogen and oxygen atoms in total. The fourth-order valence-electron chi connectivity index (χ4n) is 2.29. The third-order valence-corrected chi connectivity index (χ3v) is 4.24. The third kappa shape index (κ3) is 4.12. The molecule has 2 amide bonds. The normalized spacial score (nSPS) is 10.8. The standard InChI is InChI=1S/C16H15Cl2N5O2/c17-12-6-5-11(10-13(12)18)20-15(24)19-7-3-9-23-16(25)22-8-2-1-4-14(22)21-23/h1-2,4-6,8,10H,3,7,9H2,(H2,19,20,24). The fourth-order valence-corrected chi connectivity index (χ4v) is 2.59. The first-order valence-electron chi connectivity index (χ1n) is 7.59. The van der Waals surface area contributed by atoms with Crippen LogP contribution in [-0.2, 0) is 6.54 Å². The summed E-state index contributed by atoms with van der Waals surface area (Å²) in [7, 11) is 0. The molecule has 0 aliphatic carbocycles. The molecule has 25 heavy (non-hydrogen) atoms. The van der Waals surface area contributed by atoms with Gasteiger partial charge in [0.25, 0.3) is 0 Å². The zero-order chi connectivity index (χ0) is 17.8. The number of fused-ring (bicyclic) bond motifs is 1. The number of nitrogens with one attached hydrogen (secondary N) is 2. The molecule has 3 rings (SSSR count). The molecular weight excluding hydrogens is 365 g/mol. The van der Waals surface area contributed by atoms with Crippen LogP contribution in [0.3, 0.4) is 0 Å². The smallest absolute Gasteiger partial charge is 0.338 e. The van der Waals surface area contributed by atoms with Crippen molar-refractivity contribution in [1.29, 1.82) is 0 Å². The average molecular weight is 380 g/mol. The van der Waals surface area contributed by atoms with Gasteiger partial charge < -0.3 is 10.6 Å². The number of benzene rings is 1. The second-order valence-corrected chi connectivity index (χ2v) is 6.11. The van der Waals surface area contributed by atoms with Crippen LogP contribution in [0.4, 0.5) is 10.5 Å². The van der Waals surface area contributed by atoms with Crippen molar-refractivity contribution in [2.24, 2.45) is 0 Å². The summed E-state index contributed by atoms with van der Waals surface area (Å²) in [5.74, 6) is 0. The molecule has 0 radical (unpaired) electrons. The molecule has 0 fully saturated rings. The summed E-state index contributed by atoms with van der Waals surface area (Å²) in [6, 6.07) is 9.83. The maximum absolute atomic E-state index is 12.1. The molecule has 3 aromatic rings. The Labute approximate surface area is 153 Å². The molecule has 0 unspecified atom stereocenters. The Bertz CT molecular complexity index is 967. The van der Waals surface area contributed by atoms with E-state index in [1.165, 1.54) is 9.08 Å². The highest BCUT2D eigenvalue weighted by atomic mass is 35.5. The third-order valence-electron chi connectivity index (χ3n) is 3.50. The van der Waals surface area contributed by atoms with Crippen molar-refractivity contribution < 1.29 is 4.79 Å². The van der Waals surface area contributed by atoms with Crippen LogP contribution in [0.15, 0.2) is 47.4 Å². The van der Waals surface area contributed by atoms with E-state index < -0.39 is 0 Å². The van der Waals surface area contributed by atoms with E-state index >= 15 is 0 Å². The van der Waals surface area contributed by atoms with Gasteiger partial charge >= 0.3 is 11.7 Å². The first kappa shape index (κ1) is 17.3. The molecule has 2 heterocycles. The monoisotopic (exact) mass is 379 g/mol. The maximum atomic E-state index is 12.1. The number of rotatable bonds is 5. The Morgan fingerprint density at radius 3 is 2.76 bits per heavy atom. The van der Waals surface area contributed by atoms with Crippen molar-refractivity contribution in [2.75, 3.05) is 11.9 Å². The van der Waals surface area contributed by atoms with Crippen molar-refractivity contribution in [3.05, 3.63) is 63.1 Å².